The summed E-state index contributed by atoms with van der Waals surface area (Å²) >= 11 is 3.33. The molecule has 0 aliphatic carbocycles. The first-order chi connectivity index (χ1) is 36.2. The molecule has 0 amide bonds. The summed E-state index contributed by atoms with van der Waals surface area (Å²) in [6, 6.07) is 62.4. The van der Waals surface area contributed by atoms with Crippen molar-refractivity contribution in [1.29, 1.82) is 0 Å². The first-order valence-electron chi connectivity index (χ1n) is 26.1. The molecule has 0 bridgehead atoms. The molecule has 0 saturated carbocycles. The van der Waals surface area contributed by atoms with Gasteiger partial charge in [0.2, 0.25) is 0 Å². The molecule has 0 saturated heterocycles. The maximum absolute atomic E-state index is 12.8. The second-order valence-electron chi connectivity index (χ2n) is 23.0. The van der Waals surface area contributed by atoms with Gasteiger partial charge in [0.05, 0.1) is 6.10 Å². The predicted octanol–water partition coefficient (Wildman–Crippen LogP) is 18.7. The van der Waals surface area contributed by atoms with Crippen LogP contribution in [-0.2, 0) is 31.8 Å². The van der Waals surface area contributed by atoms with Crippen LogP contribution in [0, 0.1) is 0 Å². The summed E-state index contributed by atoms with van der Waals surface area (Å²) in [4.78, 5) is 4.06. The van der Waals surface area contributed by atoms with Crippen LogP contribution >= 0.6 is 23.5 Å². The van der Waals surface area contributed by atoms with E-state index in [1.807, 2.05) is 107 Å². The third-order valence-corrected chi connectivity index (χ3v) is 17.7. The minimum Gasteiger partial charge on any atom is -0.491 e. The normalized spacial score (nSPS) is 12.6. The summed E-state index contributed by atoms with van der Waals surface area (Å²) in [7, 11) is -4.64. The van der Waals surface area contributed by atoms with E-state index in [-0.39, 0.29) is 33.0 Å². The predicted molar refractivity (Wildman–Crippen MR) is 316 cm³/mol. The molecule has 8 aromatic carbocycles. The summed E-state index contributed by atoms with van der Waals surface area (Å²) in [6.45, 7) is 27.8. The molecule has 0 atom stereocenters. The van der Waals surface area contributed by atoms with Crippen molar-refractivity contribution in [1.82, 2.24) is 0 Å². The van der Waals surface area contributed by atoms with Crippen LogP contribution in [0.15, 0.2) is 213 Å². The van der Waals surface area contributed by atoms with Crippen LogP contribution in [-0.4, -0.2) is 24.7 Å². The van der Waals surface area contributed by atoms with Crippen LogP contribution in [0.3, 0.4) is 0 Å². The number of benzene rings is 8. The van der Waals surface area contributed by atoms with Gasteiger partial charge in [-0.05, 0) is 188 Å². The molecule has 0 unspecified atom stereocenters. The highest BCUT2D eigenvalue weighted by Crippen LogP contribution is 2.43. The number of hydrogen-bond donors (Lipinski definition) is 1. The Labute approximate surface area is 466 Å². The highest BCUT2D eigenvalue weighted by atomic mass is 32.2. The van der Waals surface area contributed by atoms with E-state index in [2.05, 4.69) is 147 Å². The Bertz CT molecular complexity index is 3370. The molecule has 7 nitrogen and oxygen atoms in total. The molecule has 0 aliphatic rings. The molecule has 400 valence electrons. The standard InChI is InChI=1S/C67H72O7S3/c1-45(2)71-52-25-14-47(15-26-52)64(6,7)48-16-27-53(28-17-48)72-54-31-39-59(40-32-54)76-58-37-22-50(23-38-58)66(10,11)67(12,13)74-56-29-18-49(19-30-56)65(8,9)51-24-43-61(62(44-51)77(68,69)70)73-55-33-41-60(42-34-55)75-57-35-20-46(21-36-57)63(3,4)5/h14-45H,1-13H3,(H,68,69,70). The zero-order chi connectivity index (χ0) is 55.6. The van der Waals surface area contributed by atoms with Gasteiger partial charge in [-0.3, -0.25) is 4.55 Å². The third kappa shape index (κ3) is 13.6. The first kappa shape index (κ1) is 56.8. The zero-order valence-electron chi connectivity index (χ0n) is 46.6. The number of ether oxygens (including phenoxy) is 4. The minimum atomic E-state index is -4.64. The van der Waals surface area contributed by atoms with Crippen molar-refractivity contribution in [3.8, 4) is 34.5 Å². The van der Waals surface area contributed by atoms with Gasteiger partial charge in [-0.1, -0.05) is 153 Å². The summed E-state index contributed by atoms with van der Waals surface area (Å²) in [5.74, 6) is 3.64. The number of hydrogen-bond acceptors (Lipinski definition) is 8. The van der Waals surface area contributed by atoms with Crippen molar-refractivity contribution in [3.05, 3.63) is 221 Å². The van der Waals surface area contributed by atoms with Gasteiger partial charge in [-0.2, -0.15) is 8.42 Å². The second-order valence-corrected chi connectivity index (χ2v) is 26.7. The maximum Gasteiger partial charge on any atom is 0.298 e. The van der Waals surface area contributed by atoms with Crippen molar-refractivity contribution in [2.75, 3.05) is 0 Å². The zero-order valence-corrected chi connectivity index (χ0v) is 49.0. The van der Waals surface area contributed by atoms with Crippen LogP contribution in [0.4, 0.5) is 0 Å². The van der Waals surface area contributed by atoms with Gasteiger partial charge in [0.15, 0.2) is 0 Å². The van der Waals surface area contributed by atoms with Crippen molar-refractivity contribution in [2.24, 2.45) is 0 Å². The smallest absolute Gasteiger partial charge is 0.298 e. The molecular formula is C67H72O7S3. The lowest BCUT2D eigenvalue weighted by atomic mass is 9.72. The van der Waals surface area contributed by atoms with Crippen molar-refractivity contribution >= 4 is 33.6 Å². The van der Waals surface area contributed by atoms with Gasteiger partial charge >= 0.3 is 0 Å². The Balaban J connectivity index is 0.861. The van der Waals surface area contributed by atoms with Gasteiger partial charge < -0.3 is 18.9 Å². The SMILES string of the molecule is CC(C)Oc1ccc(C(C)(C)c2ccc(Oc3ccc(Sc4ccc(C(C)(C)C(C)(C)Oc5ccc(C(C)(C)c6ccc(Oc7ccc(Sc8ccc(C(C)(C)C)cc8)cc7)c(S(=O)(=O)O)c6)cc5)cc4)cc3)cc2)cc1. The summed E-state index contributed by atoms with van der Waals surface area (Å²) in [6.07, 6.45) is 0.138. The highest BCUT2D eigenvalue weighted by Gasteiger charge is 2.41. The maximum atomic E-state index is 12.8. The molecule has 0 fully saturated rings. The van der Waals surface area contributed by atoms with E-state index in [9.17, 15) is 13.0 Å². The lowest BCUT2D eigenvalue weighted by Gasteiger charge is -2.42. The summed E-state index contributed by atoms with van der Waals surface area (Å²) in [5, 5.41) is 0. The van der Waals surface area contributed by atoms with Crippen LogP contribution < -0.4 is 18.9 Å². The molecule has 0 aliphatic heterocycles. The fourth-order valence-electron chi connectivity index (χ4n) is 9.04. The molecule has 0 heterocycles. The van der Waals surface area contributed by atoms with E-state index in [0.29, 0.717) is 17.1 Å². The van der Waals surface area contributed by atoms with Gasteiger partial charge in [-0.25, -0.2) is 0 Å². The van der Waals surface area contributed by atoms with Crippen molar-refractivity contribution in [3.63, 3.8) is 0 Å². The van der Waals surface area contributed by atoms with E-state index in [1.54, 1.807) is 41.7 Å². The van der Waals surface area contributed by atoms with E-state index >= 15 is 0 Å². The topological polar surface area (TPSA) is 91.3 Å². The molecule has 77 heavy (non-hydrogen) atoms. The summed E-state index contributed by atoms with van der Waals surface area (Å²) in [5.41, 5.74) is 4.72. The van der Waals surface area contributed by atoms with Crippen LogP contribution in [0.2, 0.25) is 0 Å². The van der Waals surface area contributed by atoms with Crippen LogP contribution in [0.25, 0.3) is 0 Å². The minimum absolute atomic E-state index is 0.0403. The Morgan fingerprint density at radius 1 is 0.403 bits per heavy atom. The molecule has 8 rings (SSSR count). The van der Waals surface area contributed by atoms with E-state index in [4.69, 9.17) is 18.9 Å². The van der Waals surface area contributed by atoms with Gasteiger partial charge in [0.25, 0.3) is 10.1 Å². The fourth-order valence-corrected chi connectivity index (χ4v) is 11.3. The Morgan fingerprint density at radius 2 is 0.740 bits per heavy atom. The second kappa shape index (κ2) is 22.5. The Hall–Kier alpha value is -6.43. The molecule has 1 N–H and O–H groups in total. The third-order valence-electron chi connectivity index (χ3n) is 14.8. The van der Waals surface area contributed by atoms with Gasteiger partial charge in [-0.15, -0.1) is 0 Å². The first-order valence-corrected chi connectivity index (χ1v) is 29.2. The van der Waals surface area contributed by atoms with E-state index < -0.39 is 21.1 Å². The molecule has 0 spiro atoms. The van der Waals surface area contributed by atoms with Crippen LogP contribution in [0.1, 0.15) is 123 Å². The van der Waals surface area contributed by atoms with E-state index in [1.165, 1.54) is 22.8 Å². The monoisotopic (exact) mass is 1080 g/mol. The van der Waals surface area contributed by atoms with E-state index in [0.717, 1.165) is 48.0 Å². The average Bonchev–Trinajstić information content (AvgIpc) is 3.37. The average molecular weight is 1090 g/mol. The quantitative estimate of drug-likeness (QED) is 0.0795. The van der Waals surface area contributed by atoms with Crippen LogP contribution in [0.5, 0.6) is 34.5 Å². The lowest BCUT2D eigenvalue weighted by molar-refractivity contribution is 0.0357. The van der Waals surface area contributed by atoms with Gasteiger partial charge in [0, 0.05) is 35.8 Å². The Kier molecular flexibility index (Phi) is 16.6. The lowest BCUT2D eigenvalue weighted by Crippen LogP contribution is -2.47. The molecule has 10 heteroatoms. The largest absolute Gasteiger partial charge is 0.491 e. The molecule has 8 aromatic rings. The summed E-state index contributed by atoms with van der Waals surface area (Å²) < 4.78 is 61.0. The van der Waals surface area contributed by atoms with Crippen molar-refractivity contribution < 1.29 is 31.9 Å². The number of rotatable bonds is 19. The van der Waals surface area contributed by atoms with Gasteiger partial charge in [0.1, 0.15) is 45.0 Å². The fraction of sp³-hybridized carbons (Fsp3) is 0.284. The molecule has 0 radical (unpaired) electrons. The molecule has 0 aromatic heterocycles. The Morgan fingerprint density at radius 3 is 1.16 bits per heavy atom. The highest BCUT2D eigenvalue weighted by molar-refractivity contribution is 7.99. The van der Waals surface area contributed by atoms with Crippen molar-refractivity contribution in [2.45, 2.75) is 148 Å². The molecular weight excluding hydrogens is 1010 g/mol.